The molecule has 7 heteroatoms. The second-order valence-electron chi connectivity index (χ2n) is 5.50. The van der Waals surface area contributed by atoms with Gasteiger partial charge in [-0.2, -0.15) is 0 Å². The molecule has 0 atom stereocenters. The molecule has 0 aliphatic rings. The van der Waals surface area contributed by atoms with Gasteiger partial charge in [0.1, 0.15) is 4.83 Å². The highest BCUT2D eigenvalue weighted by molar-refractivity contribution is 7.17. The van der Waals surface area contributed by atoms with Gasteiger partial charge in [-0.05, 0) is 32.9 Å². The van der Waals surface area contributed by atoms with Crippen LogP contribution >= 0.6 is 11.3 Å². The fraction of sp³-hybridized carbons (Fsp3) is 0.357. The number of carbonyl (C=O) groups excluding carboxylic acids is 2. The molecule has 2 N–H and O–H groups in total. The van der Waals surface area contributed by atoms with Gasteiger partial charge in [-0.25, -0.2) is 9.78 Å². The molecule has 0 aliphatic carbocycles. The SMILES string of the molecule is CC(C)(C)NC(=O)OCC(=O)Nc1csc2ncccc12. The summed E-state index contributed by atoms with van der Waals surface area (Å²) in [5.74, 6) is -0.386. The Kier molecular flexibility index (Phi) is 4.42. The van der Waals surface area contributed by atoms with Gasteiger partial charge in [0.05, 0.1) is 5.69 Å². The summed E-state index contributed by atoms with van der Waals surface area (Å²) in [7, 11) is 0. The lowest BCUT2D eigenvalue weighted by molar-refractivity contribution is -0.119. The molecule has 0 fully saturated rings. The third kappa shape index (κ3) is 4.42. The molecule has 0 aliphatic heterocycles. The molecule has 0 radical (unpaired) electrons. The molecule has 112 valence electrons. The number of anilines is 1. The molecular weight excluding hydrogens is 290 g/mol. The van der Waals surface area contributed by atoms with Crippen LogP contribution < -0.4 is 10.6 Å². The number of thiophene rings is 1. The van der Waals surface area contributed by atoms with E-state index in [2.05, 4.69) is 15.6 Å². The Hall–Kier alpha value is -2.15. The first-order valence-electron chi connectivity index (χ1n) is 6.42. The van der Waals surface area contributed by atoms with E-state index in [9.17, 15) is 9.59 Å². The molecule has 0 spiro atoms. The summed E-state index contributed by atoms with van der Waals surface area (Å²) in [6, 6.07) is 3.68. The minimum absolute atomic E-state index is 0.334. The first kappa shape index (κ1) is 15.2. The third-order valence-corrected chi connectivity index (χ3v) is 3.34. The lowest BCUT2D eigenvalue weighted by Gasteiger charge is -2.19. The maximum atomic E-state index is 11.8. The number of amides is 2. The number of nitrogens with zero attached hydrogens (tertiary/aromatic N) is 1. The van der Waals surface area contributed by atoms with E-state index in [1.807, 2.05) is 32.2 Å². The van der Waals surface area contributed by atoms with Gasteiger partial charge < -0.3 is 15.4 Å². The van der Waals surface area contributed by atoms with Crippen LogP contribution in [-0.2, 0) is 9.53 Å². The van der Waals surface area contributed by atoms with Crippen molar-refractivity contribution in [2.24, 2.45) is 0 Å². The van der Waals surface area contributed by atoms with Crippen molar-refractivity contribution in [3.63, 3.8) is 0 Å². The largest absolute Gasteiger partial charge is 0.439 e. The van der Waals surface area contributed by atoms with Crippen LogP contribution in [0.5, 0.6) is 0 Å². The molecule has 6 nitrogen and oxygen atoms in total. The lowest BCUT2D eigenvalue weighted by Crippen LogP contribution is -2.41. The summed E-state index contributed by atoms with van der Waals surface area (Å²) in [5, 5.41) is 8.00. The number of pyridine rings is 1. The maximum absolute atomic E-state index is 11.8. The Morgan fingerprint density at radius 1 is 1.38 bits per heavy atom. The van der Waals surface area contributed by atoms with Gasteiger partial charge >= 0.3 is 6.09 Å². The Bertz CT molecular complexity index is 661. The Labute approximate surface area is 126 Å². The van der Waals surface area contributed by atoms with E-state index in [1.54, 1.807) is 12.3 Å². The zero-order valence-electron chi connectivity index (χ0n) is 12.1. The smallest absolute Gasteiger partial charge is 0.408 e. The number of fused-ring (bicyclic) bond motifs is 1. The quantitative estimate of drug-likeness (QED) is 0.913. The molecule has 0 aromatic carbocycles. The van der Waals surface area contributed by atoms with Gasteiger partial charge in [0.2, 0.25) is 0 Å². The highest BCUT2D eigenvalue weighted by Crippen LogP contribution is 2.27. The fourth-order valence-corrected chi connectivity index (χ4v) is 2.47. The number of carbonyl (C=O) groups is 2. The number of nitrogens with one attached hydrogen (secondary N) is 2. The molecule has 0 saturated carbocycles. The molecule has 0 unspecified atom stereocenters. The molecule has 2 amide bonds. The number of ether oxygens (including phenoxy) is 1. The van der Waals surface area contributed by atoms with Crippen LogP contribution in [0.2, 0.25) is 0 Å². The van der Waals surface area contributed by atoms with Gasteiger partial charge in [0.15, 0.2) is 6.61 Å². The van der Waals surface area contributed by atoms with Crippen molar-refractivity contribution in [3.8, 4) is 0 Å². The number of hydrogen-bond donors (Lipinski definition) is 2. The van der Waals surface area contributed by atoms with Gasteiger partial charge in [-0.3, -0.25) is 4.79 Å². The molecule has 2 rings (SSSR count). The summed E-state index contributed by atoms with van der Waals surface area (Å²) in [4.78, 5) is 28.3. The molecule has 2 heterocycles. The zero-order valence-corrected chi connectivity index (χ0v) is 12.9. The number of aromatic nitrogens is 1. The first-order chi connectivity index (χ1) is 9.85. The third-order valence-electron chi connectivity index (χ3n) is 2.44. The van der Waals surface area contributed by atoms with E-state index >= 15 is 0 Å². The van der Waals surface area contributed by atoms with Crippen molar-refractivity contribution in [2.45, 2.75) is 26.3 Å². The van der Waals surface area contributed by atoms with Crippen molar-refractivity contribution < 1.29 is 14.3 Å². The molecular formula is C14H17N3O3S. The van der Waals surface area contributed by atoms with Crippen molar-refractivity contribution >= 4 is 39.2 Å². The van der Waals surface area contributed by atoms with Crippen LogP contribution in [0.4, 0.5) is 10.5 Å². The van der Waals surface area contributed by atoms with Crippen LogP contribution in [0, 0.1) is 0 Å². The van der Waals surface area contributed by atoms with Crippen molar-refractivity contribution in [1.29, 1.82) is 0 Å². The predicted octanol–water partition coefficient (Wildman–Crippen LogP) is 2.76. The summed E-state index contributed by atoms with van der Waals surface area (Å²) in [5.41, 5.74) is 0.274. The van der Waals surface area contributed by atoms with Crippen LogP contribution in [-0.4, -0.2) is 29.1 Å². The highest BCUT2D eigenvalue weighted by Gasteiger charge is 2.16. The fourth-order valence-electron chi connectivity index (χ4n) is 1.62. The second-order valence-corrected chi connectivity index (χ2v) is 6.36. The normalized spacial score (nSPS) is 11.2. The van der Waals surface area contributed by atoms with Crippen molar-refractivity contribution in [2.75, 3.05) is 11.9 Å². The summed E-state index contributed by atoms with van der Waals surface area (Å²) in [6.07, 6.45) is 1.08. The average molecular weight is 307 g/mol. The lowest BCUT2D eigenvalue weighted by atomic mass is 10.1. The van der Waals surface area contributed by atoms with E-state index in [0.717, 1.165) is 10.2 Å². The van der Waals surface area contributed by atoms with Crippen molar-refractivity contribution in [1.82, 2.24) is 10.3 Å². The minimum atomic E-state index is -0.616. The van der Waals surface area contributed by atoms with Crippen LogP contribution in [0.3, 0.4) is 0 Å². The monoisotopic (exact) mass is 307 g/mol. The highest BCUT2D eigenvalue weighted by atomic mass is 32.1. The van der Waals surface area contributed by atoms with E-state index in [1.165, 1.54) is 11.3 Å². The van der Waals surface area contributed by atoms with E-state index < -0.39 is 11.6 Å². The standard InChI is InChI=1S/C14H17N3O3S/c1-14(2,3)17-13(19)20-7-11(18)16-10-8-21-12-9(10)5-4-6-15-12/h4-6,8H,7H2,1-3H3,(H,16,18)(H,17,19). The summed E-state index contributed by atoms with van der Waals surface area (Å²) >= 11 is 1.44. The van der Waals surface area contributed by atoms with E-state index in [4.69, 9.17) is 4.74 Å². The van der Waals surface area contributed by atoms with E-state index in [-0.39, 0.29) is 12.5 Å². The molecule has 2 aromatic rings. The maximum Gasteiger partial charge on any atom is 0.408 e. The predicted molar refractivity (Wildman–Crippen MR) is 82.5 cm³/mol. The van der Waals surface area contributed by atoms with Crippen LogP contribution in [0.1, 0.15) is 20.8 Å². The second kappa shape index (κ2) is 6.09. The van der Waals surface area contributed by atoms with Crippen LogP contribution in [0.25, 0.3) is 10.2 Å². The summed E-state index contributed by atoms with van der Waals surface area (Å²) in [6.45, 7) is 5.16. The summed E-state index contributed by atoms with van der Waals surface area (Å²) < 4.78 is 4.87. The number of rotatable bonds is 3. The Morgan fingerprint density at radius 2 is 2.14 bits per heavy atom. The number of hydrogen-bond acceptors (Lipinski definition) is 5. The first-order valence-corrected chi connectivity index (χ1v) is 7.30. The molecule has 21 heavy (non-hydrogen) atoms. The molecule has 2 aromatic heterocycles. The van der Waals surface area contributed by atoms with Gasteiger partial charge in [-0.15, -0.1) is 11.3 Å². The van der Waals surface area contributed by atoms with Gasteiger partial charge in [-0.1, -0.05) is 0 Å². The van der Waals surface area contributed by atoms with Crippen molar-refractivity contribution in [3.05, 3.63) is 23.7 Å². The van der Waals surface area contributed by atoms with Gasteiger partial charge in [0, 0.05) is 22.5 Å². The Morgan fingerprint density at radius 3 is 2.86 bits per heavy atom. The average Bonchev–Trinajstić information content (AvgIpc) is 2.78. The zero-order chi connectivity index (χ0) is 15.5. The van der Waals surface area contributed by atoms with Gasteiger partial charge in [0.25, 0.3) is 5.91 Å². The van der Waals surface area contributed by atoms with Crippen LogP contribution in [0.15, 0.2) is 23.7 Å². The Balaban J connectivity index is 1.89. The topological polar surface area (TPSA) is 80.3 Å². The molecule has 0 bridgehead atoms. The number of alkyl carbamates (subject to hydrolysis) is 1. The van der Waals surface area contributed by atoms with E-state index in [0.29, 0.717) is 5.69 Å². The minimum Gasteiger partial charge on any atom is -0.439 e. The molecule has 0 saturated heterocycles.